The summed E-state index contributed by atoms with van der Waals surface area (Å²) in [5, 5.41) is 3.53. The third kappa shape index (κ3) is 2.55. The molecule has 3 aromatic rings. The zero-order chi connectivity index (χ0) is 19.1. The van der Waals surface area contributed by atoms with Crippen molar-refractivity contribution in [3.05, 3.63) is 96.3 Å². The van der Waals surface area contributed by atoms with E-state index in [1.165, 1.54) is 4.90 Å². The van der Waals surface area contributed by atoms with E-state index in [1.807, 2.05) is 66.7 Å². The Morgan fingerprint density at radius 1 is 0.714 bits per heavy atom. The van der Waals surface area contributed by atoms with Gasteiger partial charge >= 0.3 is 0 Å². The van der Waals surface area contributed by atoms with Crippen molar-refractivity contribution in [2.75, 3.05) is 4.90 Å². The Balaban J connectivity index is 1.61. The van der Waals surface area contributed by atoms with Gasteiger partial charge in [-0.2, -0.15) is 0 Å². The van der Waals surface area contributed by atoms with E-state index in [0.29, 0.717) is 5.69 Å². The van der Waals surface area contributed by atoms with E-state index in [0.717, 1.165) is 11.3 Å². The molecule has 2 saturated heterocycles. The van der Waals surface area contributed by atoms with Crippen LogP contribution in [0.4, 0.5) is 5.69 Å². The van der Waals surface area contributed by atoms with Crippen LogP contribution in [-0.4, -0.2) is 16.8 Å². The van der Waals surface area contributed by atoms with Crippen LogP contribution in [0.1, 0.15) is 23.3 Å². The summed E-state index contributed by atoms with van der Waals surface area (Å²) in [4.78, 5) is 32.6. The van der Waals surface area contributed by atoms with E-state index in [4.69, 9.17) is 0 Å². The number of hydrogen-bond donors (Lipinski definition) is 1. The van der Waals surface area contributed by atoms with E-state index in [-0.39, 0.29) is 23.9 Å². The highest BCUT2D eigenvalue weighted by atomic mass is 16.2. The number of pyridine rings is 1. The third-order valence-corrected chi connectivity index (χ3v) is 5.65. The molecule has 2 aliphatic rings. The number of hydrogen-bond acceptors (Lipinski definition) is 4. The van der Waals surface area contributed by atoms with Crippen LogP contribution in [0.2, 0.25) is 0 Å². The lowest BCUT2D eigenvalue weighted by Crippen LogP contribution is -2.36. The molecule has 5 rings (SSSR count). The van der Waals surface area contributed by atoms with Crippen molar-refractivity contribution in [3.8, 4) is 0 Å². The molecule has 2 fully saturated rings. The van der Waals surface area contributed by atoms with Gasteiger partial charge in [0.25, 0.3) is 0 Å². The minimum atomic E-state index is -0.479. The highest BCUT2D eigenvalue weighted by Gasteiger charge is 2.59. The number of fused-ring (bicyclic) bond motifs is 1. The minimum absolute atomic E-state index is 0.152. The van der Waals surface area contributed by atoms with Crippen LogP contribution >= 0.6 is 0 Å². The van der Waals surface area contributed by atoms with Gasteiger partial charge in [-0.3, -0.25) is 14.6 Å². The first-order valence-electron chi connectivity index (χ1n) is 9.40. The summed E-state index contributed by atoms with van der Waals surface area (Å²) >= 11 is 0. The quantitative estimate of drug-likeness (QED) is 0.720. The van der Waals surface area contributed by atoms with Crippen molar-refractivity contribution in [3.63, 3.8) is 0 Å². The van der Waals surface area contributed by atoms with Gasteiger partial charge in [0.15, 0.2) is 0 Å². The maximum atomic E-state index is 13.4. The molecule has 0 unspecified atom stereocenters. The maximum Gasteiger partial charge on any atom is 0.239 e. The number of carbonyl (C=O) groups is 2. The van der Waals surface area contributed by atoms with Crippen LogP contribution in [0.15, 0.2) is 85.1 Å². The second kappa shape index (κ2) is 6.69. The molecule has 28 heavy (non-hydrogen) atoms. The Bertz CT molecular complexity index is 944. The molecule has 2 aromatic carbocycles. The molecule has 0 saturated carbocycles. The Morgan fingerprint density at radius 3 is 1.96 bits per heavy atom. The zero-order valence-electron chi connectivity index (χ0n) is 15.1. The molecular weight excluding hydrogens is 350 g/mol. The fourth-order valence-electron chi connectivity index (χ4n) is 4.44. The van der Waals surface area contributed by atoms with Gasteiger partial charge in [-0.15, -0.1) is 0 Å². The average Bonchev–Trinajstić information content (AvgIpc) is 3.27. The molecule has 3 heterocycles. The number of carbonyl (C=O) groups excluding carboxylic acids is 2. The van der Waals surface area contributed by atoms with Crippen molar-refractivity contribution >= 4 is 17.5 Å². The second-order valence-corrected chi connectivity index (χ2v) is 7.19. The first kappa shape index (κ1) is 16.8. The first-order valence-corrected chi connectivity index (χ1v) is 9.40. The van der Waals surface area contributed by atoms with Crippen LogP contribution in [0.5, 0.6) is 0 Å². The summed E-state index contributed by atoms with van der Waals surface area (Å²) in [5.41, 5.74) is 2.41. The number of aromatic nitrogens is 1. The van der Waals surface area contributed by atoms with Crippen molar-refractivity contribution < 1.29 is 9.59 Å². The second-order valence-electron chi connectivity index (χ2n) is 7.19. The van der Waals surface area contributed by atoms with Gasteiger partial charge in [0.1, 0.15) is 0 Å². The number of nitrogens with one attached hydrogen (secondary N) is 1. The van der Waals surface area contributed by atoms with Gasteiger partial charge in [-0.25, -0.2) is 4.90 Å². The summed E-state index contributed by atoms with van der Waals surface area (Å²) in [6, 6.07) is 24.1. The number of imide groups is 1. The molecule has 138 valence electrons. The van der Waals surface area contributed by atoms with Gasteiger partial charge in [-0.05, 0) is 29.8 Å². The normalized spacial score (nSPS) is 26.5. The standard InChI is InChI=1S/C23H19N3O2/c27-22-18-19(23(28)26(22)16-11-5-2-6-12-16)21(17-13-7-8-14-24-17)25-20(18)15-9-3-1-4-10-15/h1-14,18-21,25H/t18-,19+,20-,21+/m0/s1. The fourth-order valence-corrected chi connectivity index (χ4v) is 4.44. The number of anilines is 1. The number of benzene rings is 2. The molecule has 1 N–H and O–H groups in total. The Kier molecular flexibility index (Phi) is 4.02. The highest BCUT2D eigenvalue weighted by molar-refractivity contribution is 6.22. The molecule has 2 aliphatic heterocycles. The SMILES string of the molecule is O=C1[C@@H]2[C@H](C(=O)N1c1ccccc1)[C@H](c1ccccc1)N[C@@H]2c1ccccn1. The van der Waals surface area contributed by atoms with E-state index in [2.05, 4.69) is 10.3 Å². The molecule has 0 spiro atoms. The summed E-state index contributed by atoms with van der Waals surface area (Å²) in [7, 11) is 0. The van der Waals surface area contributed by atoms with Crippen molar-refractivity contribution in [1.82, 2.24) is 10.3 Å². The monoisotopic (exact) mass is 369 g/mol. The largest absolute Gasteiger partial charge is 0.300 e. The summed E-state index contributed by atoms with van der Waals surface area (Å²) in [6.45, 7) is 0. The number of para-hydroxylation sites is 1. The van der Waals surface area contributed by atoms with Crippen molar-refractivity contribution in [2.24, 2.45) is 11.8 Å². The summed E-state index contributed by atoms with van der Waals surface area (Å²) in [6.07, 6.45) is 1.72. The van der Waals surface area contributed by atoms with Crippen LogP contribution in [0.25, 0.3) is 0 Å². The van der Waals surface area contributed by atoms with Crippen LogP contribution < -0.4 is 10.2 Å². The van der Waals surface area contributed by atoms with E-state index < -0.39 is 11.8 Å². The molecule has 0 bridgehead atoms. The highest BCUT2D eigenvalue weighted by Crippen LogP contribution is 2.49. The smallest absolute Gasteiger partial charge is 0.239 e. The lowest BCUT2D eigenvalue weighted by molar-refractivity contribution is -0.123. The fraction of sp³-hybridized carbons (Fsp3) is 0.174. The minimum Gasteiger partial charge on any atom is -0.300 e. The van der Waals surface area contributed by atoms with Gasteiger partial charge in [-0.1, -0.05) is 54.6 Å². The van der Waals surface area contributed by atoms with Crippen molar-refractivity contribution in [2.45, 2.75) is 12.1 Å². The topological polar surface area (TPSA) is 62.3 Å². The molecule has 2 amide bonds. The number of amides is 2. The summed E-state index contributed by atoms with van der Waals surface area (Å²) in [5.74, 6) is -1.25. The lowest BCUT2D eigenvalue weighted by atomic mass is 9.85. The molecule has 4 atom stereocenters. The van der Waals surface area contributed by atoms with Gasteiger partial charge in [0.2, 0.25) is 11.8 Å². The Morgan fingerprint density at radius 2 is 1.32 bits per heavy atom. The van der Waals surface area contributed by atoms with Gasteiger partial charge < -0.3 is 5.32 Å². The van der Waals surface area contributed by atoms with E-state index in [1.54, 1.807) is 18.3 Å². The lowest BCUT2D eigenvalue weighted by Gasteiger charge is -2.22. The molecule has 0 radical (unpaired) electrons. The zero-order valence-corrected chi connectivity index (χ0v) is 15.1. The van der Waals surface area contributed by atoms with Crippen LogP contribution in [-0.2, 0) is 9.59 Å². The molecule has 5 nitrogen and oxygen atoms in total. The third-order valence-electron chi connectivity index (χ3n) is 5.65. The van der Waals surface area contributed by atoms with Gasteiger partial charge in [0.05, 0.1) is 29.3 Å². The van der Waals surface area contributed by atoms with Crippen molar-refractivity contribution in [1.29, 1.82) is 0 Å². The molecule has 5 heteroatoms. The maximum absolute atomic E-state index is 13.4. The molecule has 0 aliphatic carbocycles. The van der Waals surface area contributed by atoms with E-state index >= 15 is 0 Å². The average molecular weight is 369 g/mol. The van der Waals surface area contributed by atoms with Crippen LogP contribution in [0, 0.1) is 11.8 Å². The first-order chi connectivity index (χ1) is 13.8. The summed E-state index contributed by atoms with van der Waals surface area (Å²) < 4.78 is 0. The predicted molar refractivity (Wildman–Crippen MR) is 105 cm³/mol. The number of rotatable bonds is 3. The predicted octanol–water partition coefficient (Wildman–Crippen LogP) is 3.27. The Labute approximate surface area is 163 Å². The Hall–Kier alpha value is -3.31. The van der Waals surface area contributed by atoms with E-state index in [9.17, 15) is 9.59 Å². The molecular formula is C23H19N3O2. The van der Waals surface area contributed by atoms with Gasteiger partial charge in [0, 0.05) is 12.2 Å². The molecule has 1 aromatic heterocycles. The van der Waals surface area contributed by atoms with Crippen LogP contribution in [0.3, 0.4) is 0 Å². The number of nitrogens with zero attached hydrogens (tertiary/aromatic N) is 2.